The van der Waals surface area contributed by atoms with E-state index in [4.69, 9.17) is 25.8 Å². The quantitative estimate of drug-likeness (QED) is 0.640. The second-order valence-electron chi connectivity index (χ2n) is 8.14. The average molecular weight is 468 g/mol. The first-order chi connectivity index (χ1) is 15.9. The molecule has 33 heavy (non-hydrogen) atoms. The number of carbonyl (C=O) groups excluding carboxylic acids is 2. The van der Waals surface area contributed by atoms with Crippen LogP contribution in [-0.4, -0.2) is 33.1 Å². The largest absolute Gasteiger partial charge is 0.493 e. The Hall–Kier alpha value is -3.25. The molecular formula is C26H26ClNO5. The third kappa shape index (κ3) is 4.11. The van der Waals surface area contributed by atoms with Gasteiger partial charge in [-0.2, -0.15) is 0 Å². The number of hydrogen-bond donors (Lipinski definition) is 1. The third-order valence-electron chi connectivity index (χ3n) is 6.34. The fraction of sp³-hybridized carbons (Fsp3) is 0.308. The Bertz CT molecular complexity index is 1150. The molecular weight excluding hydrogens is 442 g/mol. The van der Waals surface area contributed by atoms with Gasteiger partial charge in [-0.1, -0.05) is 41.9 Å². The smallest absolute Gasteiger partial charge is 0.336 e. The van der Waals surface area contributed by atoms with Gasteiger partial charge in [-0.3, -0.25) is 4.79 Å². The zero-order valence-electron chi connectivity index (χ0n) is 19.0. The molecule has 6 nitrogen and oxygen atoms in total. The number of esters is 1. The van der Waals surface area contributed by atoms with E-state index < -0.39 is 17.8 Å². The van der Waals surface area contributed by atoms with Crippen molar-refractivity contribution in [3.8, 4) is 11.5 Å². The van der Waals surface area contributed by atoms with Crippen molar-refractivity contribution in [2.75, 3.05) is 21.3 Å². The molecule has 0 amide bonds. The van der Waals surface area contributed by atoms with Crippen LogP contribution >= 0.6 is 11.6 Å². The zero-order valence-corrected chi connectivity index (χ0v) is 19.7. The number of fused-ring (bicyclic) bond motifs is 1. The molecule has 1 heterocycles. The van der Waals surface area contributed by atoms with Gasteiger partial charge in [0, 0.05) is 40.2 Å². The molecule has 0 saturated carbocycles. The highest BCUT2D eigenvalue weighted by Crippen LogP contribution is 2.49. The van der Waals surface area contributed by atoms with Gasteiger partial charge >= 0.3 is 5.97 Å². The number of nitrogens with one attached hydrogen (secondary N) is 1. The van der Waals surface area contributed by atoms with E-state index in [1.54, 1.807) is 20.3 Å². The summed E-state index contributed by atoms with van der Waals surface area (Å²) in [6, 6.07) is 13.0. The molecule has 2 aromatic carbocycles. The summed E-state index contributed by atoms with van der Waals surface area (Å²) in [5.41, 5.74) is 3.53. The minimum Gasteiger partial charge on any atom is -0.493 e. The standard InChI is InChI=1S/C26H26ClNO5/c1-14-22(26(30)33-4)23(18-6-5-7-21(31-2)25(18)32-3)24-19(28-14)12-16(13-20(24)29)15-8-10-17(27)11-9-15/h5-12,16,23-24,28H,13H2,1-4H3. The molecule has 0 bridgehead atoms. The van der Waals surface area contributed by atoms with Gasteiger partial charge in [0.1, 0.15) is 5.78 Å². The van der Waals surface area contributed by atoms with Crippen LogP contribution in [0.5, 0.6) is 11.5 Å². The Morgan fingerprint density at radius 3 is 2.39 bits per heavy atom. The van der Waals surface area contributed by atoms with Crippen LogP contribution in [0.2, 0.25) is 5.02 Å². The van der Waals surface area contributed by atoms with Crippen LogP contribution in [0, 0.1) is 5.92 Å². The van der Waals surface area contributed by atoms with Crippen molar-refractivity contribution < 1.29 is 23.8 Å². The maximum atomic E-state index is 13.6. The van der Waals surface area contributed by atoms with Crippen LogP contribution < -0.4 is 14.8 Å². The van der Waals surface area contributed by atoms with Crippen LogP contribution in [0.1, 0.15) is 36.3 Å². The first kappa shape index (κ1) is 22.9. The SMILES string of the molecule is COC(=O)C1=C(C)NC2=CC(c3ccc(Cl)cc3)CC(=O)C2C1c1cccc(OC)c1OC. The van der Waals surface area contributed by atoms with Gasteiger partial charge in [0.2, 0.25) is 0 Å². The number of para-hydroxylation sites is 1. The Labute approximate surface area is 198 Å². The molecule has 0 fully saturated rings. The lowest BCUT2D eigenvalue weighted by Crippen LogP contribution is -2.42. The van der Waals surface area contributed by atoms with Crippen LogP contribution in [-0.2, 0) is 14.3 Å². The number of Topliss-reactive ketones (excluding diaryl/α,β-unsaturated/α-hetero) is 1. The van der Waals surface area contributed by atoms with E-state index in [9.17, 15) is 9.59 Å². The molecule has 0 aromatic heterocycles. The van der Waals surface area contributed by atoms with E-state index in [2.05, 4.69) is 11.4 Å². The number of carbonyl (C=O) groups is 2. The molecule has 172 valence electrons. The lowest BCUT2D eigenvalue weighted by Gasteiger charge is -2.39. The number of hydrogen-bond acceptors (Lipinski definition) is 6. The topological polar surface area (TPSA) is 73.9 Å². The minimum absolute atomic E-state index is 0.0312. The minimum atomic E-state index is -0.577. The average Bonchev–Trinajstić information content (AvgIpc) is 2.82. The normalized spacial score (nSPS) is 22.2. The van der Waals surface area contributed by atoms with E-state index in [-0.39, 0.29) is 11.7 Å². The van der Waals surface area contributed by atoms with Crippen molar-refractivity contribution in [3.05, 3.63) is 81.7 Å². The van der Waals surface area contributed by atoms with Gasteiger partial charge in [-0.25, -0.2) is 4.79 Å². The van der Waals surface area contributed by atoms with E-state index >= 15 is 0 Å². The summed E-state index contributed by atoms with van der Waals surface area (Å²) in [7, 11) is 4.44. The van der Waals surface area contributed by atoms with E-state index in [1.165, 1.54) is 7.11 Å². The molecule has 1 aliphatic heterocycles. The summed E-state index contributed by atoms with van der Waals surface area (Å²) in [6.07, 6.45) is 2.39. The van der Waals surface area contributed by atoms with E-state index in [0.29, 0.717) is 39.8 Å². The lowest BCUT2D eigenvalue weighted by atomic mass is 9.68. The molecule has 7 heteroatoms. The molecule has 4 rings (SSSR count). The molecule has 3 unspecified atom stereocenters. The second-order valence-corrected chi connectivity index (χ2v) is 8.58. The number of halogens is 1. The van der Waals surface area contributed by atoms with Crippen LogP contribution in [0.15, 0.2) is 65.5 Å². The summed E-state index contributed by atoms with van der Waals surface area (Å²) >= 11 is 6.04. The van der Waals surface area contributed by atoms with Gasteiger partial charge in [0.05, 0.1) is 32.8 Å². The second kappa shape index (κ2) is 9.32. The maximum absolute atomic E-state index is 13.6. The van der Waals surface area contributed by atoms with Crippen molar-refractivity contribution >= 4 is 23.4 Å². The monoisotopic (exact) mass is 467 g/mol. The highest BCUT2D eigenvalue weighted by molar-refractivity contribution is 6.30. The number of ether oxygens (including phenoxy) is 3. The third-order valence-corrected chi connectivity index (χ3v) is 6.59. The van der Waals surface area contributed by atoms with Crippen molar-refractivity contribution in [1.82, 2.24) is 5.32 Å². The van der Waals surface area contributed by atoms with Gasteiger partial charge in [0.25, 0.3) is 0 Å². The van der Waals surface area contributed by atoms with Crippen molar-refractivity contribution in [3.63, 3.8) is 0 Å². The lowest BCUT2D eigenvalue weighted by molar-refractivity contribution is -0.136. The number of allylic oxidation sites excluding steroid dienone is 3. The fourth-order valence-corrected chi connectivity index (χ4v) is 5.00. The molecule has 1 aliphatic carbocycles. The molecule has 0 saturated heterocycles. The maximum Gasteiger partial charge on any atom is 0.336 e. The first-order valence-electron chi connectivity index (χ1n) is 10.7. The summed E-state index contributed by atoms with van der Waals surface area (Å²) < 4.78 is 16.3. The van der Waals surface area contributed by atoms with Crippen molar-refractivity contribution in [2.24, 2.45) is 5.92 Å². The predicted molar refractivity (Wildman–Crippen MR) is 126 cm³/mol. The molecule has 0 spiro atoms. The number of rotatable bonds is 5. The summed E-state index contributed by atoms with van der Waals surface area (Å²) in [6.45, 7) is 1.82. The Morgan fingerprint density at radius 2 is 1.76 bits per heavy atom. The number of benzene rings is 2. The molecule has 1 N–H and O–H groups in total. The van der Waals surface area contributed by atoms with Crippen LogP contribution in [0.4, 0.5) is 0 Å². The van der Waals surface area contributed by atoms with Crippen LogP contribution in [0.3, 0.4) is 0 Å². The Kier molecular flexibility index (Phi) is 6.47. The van der Waals surface area contributed by atoms with E-state index in [0.717, 1.165) is 11.3 Å². The zero-order chi connectivity index (χ0) is 23.7. The van der Waals surface area contributed by atoms with E-state index in [1.807, 2.05) is 43.3 Å². The summed E-state index contributed by atoms with van der Waals surface area (Å²) in [5.74, 6) is -0.670. The van der Waals surface area contributed by atoms with Gasteiger partial charge in [0.15, 0.2) is 11.5 Å². The number of ketones is 1. The Balaban J connectivity index is 1.89. The molecule has 2 aliphatic rings. The highest BCUT2D eigenvalue weighted by atomic mass is 35.5. The number of methoxy groups -OCH3 is 3. The summed E-state index contributed by atoms with van der Waals surface area (Å²) in [4.78, 5) is 26.5. The first-order valence-corrected chi connectivity index (χ1v) is 11.0. The molecule has 3 atom stereocenters. The fourth-order valence-electron chi connectivity index (χ4n) is 4.87. The van der Waals surface area contributed by atoms with Gasteiger partial charge in [-0.15, -0.1) is 0 Å². The molecule has 2 aromatic rings. The predicted octanol–water partition coefficient (Wildman–Crippen LogP) is 4.75. The molecule has 0 radical (unpaired) electrons. The van der Waals surface area contributed by atoms with Crippen molar-refractivity contribution in [2.45, 2.75) is 25.2 Å². The van der Waals surface area contributed by atoms with Gasteiger partial charge in [-0.05, 0) is 30.7 Å². The van der Waals surface area contributed by atoms with Crippen molar-refractivity contribution in [1.29, 1.82) is 0 Å². The summed E-state index contributed by atoms with van der Waals surface area (Å²) in [5, 5.41) is 3.96. The van der Waals surface area contributed by atoms with Crippen LogP contribution in [0.25, 0.3) is 0 Å². The Morgan fingerprint density at radius 1 is 1.03 bits per heavy atom. The van der Waals surface area contributed by atoms with Gasteiger partial charge < -0.3 is 19.5 Å². The highest BCUT2D eigenvalue weighted by Gasteiger charge is 2.46.